The van der Waals surface area contributed by atoms with Crippen LogP contribution in [0.1, 0.15) is 13.8 Å². The first-order valence-corrected chi connectivity index (χ1v) is 8.18. The van der Waals surface area contributed by atoms with Gasteiger partial charge in [0.2, 0.25) is 5.95 Å². The normalized spacial score (nSPS) is 10.6. The lowest BCUT2D eigenvalue weighted by Crippen LogP contribution is -2.23. The van der Waals surface area contributed by atoms with Crippen LogP contribution in [0.5, 0.6) is 5.75 Å². The summed E-state index contributed by atoms with van der Waals surface area (Å²) in [6.07, 6.45) is 0. The zero-order valence-electron chi connectivity index (χ0n) is 14.3. The SMILES string of the molecule is CCN(CC)c1nc(Nc2ccccc2OC)nc2ccccc12. The van der Waals surface area contributed by atoms with Crippen LogP contribution in [0.2, 0.25) is 0 Å². The Kier molecular flexibility index (Phi) is 4.79. The van der Waals surface area contributed by atoms with Crippen molar-refractivity contribution in [1.29, 1.82) is 0 Å². The van der Waals surface area contributed by atoms with Gasteiger partial charge in [-0.3, -0.25) is 0 Å². The van der Waals surface area contributed by atoms with Gasteiger partial charge in [0.25, 0.3) is 0 Å². The van der Waals surface area contributed by atoms with Crippen molar-refractivity contribution in [2.24, 2.45) is 0 Å². The smallest absolute Gasteiger partial charge is 0.229 e. The Morgan fingerprint density at radius 2 is 1.67 bits per heavy atom. The number of benzene rings is 2. The van der Waals surface area contributed by atoms with Crippen molar-refractivity contribution in [1.82, 2.24) is 9.97 Å². The largest absolute Gasteiger partial charge is 0.495 e. The first-order chi connectivity index (χ1) is 11.8. The quantitative estimate of drug-likeness (QED) is 0.736. The van der Waals surface area contributed by atoms with Crippen LogP contribution < -0.4 is 15.0 Å². The first kappa shape index (κ1) is 16.1. The van der Waals surface area contributed by atoms with Crippen LogP contribution in [0.4, 0.5) is 17.5 Å². The number of rotatable bonds is 6. The third-order valence-electron chi connectivity index (χ3n) is 4.00. The first-order valence-electron chi connectivity index (χ1n) is 8.18. The molecule has 3 aromatic rings. The molecule has 3 rings (SSSR count). The van der Waals surface area contributed by atoms with Crippen LogP contribution in [0, 0.1) is 0 Å². The van der Waals surface area contributed by atoms with E-state index in [1.165, 1.54) is 0 Å². The molecule has 124 valence electrons. The van der Waals surface area contributed by atoms with Gasteiger partial charge in [-0.05, 0) is 38.1 Å². The Balaban J connectivity index is 2.08. The van der Waals surface area contributed by atoms with Crippen molar-refractivity contribution in [3.8, 4) is 5.75 Å². The molecule has 5 nitrogen and oxygen atoms in total. The van der Waals surface area contributed by atoms with Gasteiger partial charge in [-0.1, -0.05) is 24.3 Å². The van der Waals surface area contributed by atoms with Crippen molar-refractivity contribution >= 4 is 28.4 Å². The van der Waals surface area contributed by atoms with Gasteiger partial charge in [-0.15, -0.1) is 0 Å². The van der Waals surface area contributed by atoms with Crippen LogP contribution in [0.25, 0.3) is 10.9 Å². The Morgan fingerprint density at radius 3 is 2.42 bits per heavy atom. The van der Waals surface area contributed by atoms with Gasteiger partial charge in [-0.25, -0.2) is 4.98 Å². The third kappa shape index (κ3) is 3.11. The predicted molar refractivity (Wildman–Crippen MR) is 99.4 cm³/mol. The van der Waals surface area contributed by atoms with E-state index in [-0.39, 0.29) is 0 Å². The fraction of sp³-hybridized carbons (Fsp3) is 0.263. The number of hydrogen-bond acceptors (Lipinski definition) is 5. The van der Waals surface area contributed by atoms with Gasteiger partial charge in [0.05, 0.1) is 18.3 Å². The minimum absolute atomic E-state index is 0.570. The zero-order chi connectivity index (χ0) is 16.9. The van der Waals surface area contributed by atoms with E-state index in [1.54, 1.807) is 7.11 Å². The van der Waals surface area contributed by atoms with Crippen LogP contribution in [-0.4, -0.2) is 30.2 Å². The second-order valence-corrected chi connectivity index (χ2v) is 5.39. The van der Waals surface area contributed by atoms with Gasteiger partial charge in [0.15, 0.2) is 0 Å². The van der Waals surface area contributed by atoms with Crippen molar-refractivity contribution in [3.05, 3.63) is 48.5 Å². The number of ether oxygens (including phenoxy) is 1. The summed E-state index contributed by atoms with van der Waals surface area (Å²) in [6.45, 7) is 6.05. The molecule has 0 fully saturated rings. The molecule has 0 saturated carbocycles. The summed E-state index contributed by atoms with van der Waals surface area (Å²) in [4.78, 5) is 11.6. The van der Waals surface area contributed by atoms with Crippen LogP contribution in [0.15, 0.2) is 48.5 Å². The second kappa shape index (κ2) is 7.17. The highest BCUT2D eigenvalue weighted by Gasteiger charge is 2.13. The molecule has 0 unspecified atom stereocenters. The molecule has 0 bridgehead atoms. The highest BCUT2D eigenvalue weighted by molar-refractivity contribution is 5.90. The van der Waals surface area contributed by atoms with E-state index in [9.17, 15) is 0 Å². The number of methoxy groups -OCH3 is 1. The third-order valence-corrected chi connectivity index (χ3v) is 4.00. The molecule has 2 aromatic carbocycles. The van der Waals surface area contributed by atoms with Gasteiger partial charge in [0.1, 0.15) is 11.6 Å². The molecule has 0 aliphatic heterocycles. The maximum Gasteiger partial charge on any atom is 0.229 e. The Labute approximate surface area is 142 Å². The Hall–Kier alpha value is -2.82. The van der Waals surface area contributed by atoms with Crippen LogP contribution >= 0.6 is 0 Å². The summed E-state index contributed by atoms with van der Waals surface area (Å²) in [5.41, 5.74) is 1.77. The summed E-state index contributed by atoms with van der Waals surface area (Å²) in [5, 5.41) is 4.35. The average Bonchev–Trinajstić information content (AvgIpc) is 2.63. The molecule has 1 N–H and O–H groups in total. The Morgan fingerprint density at radius 1 is 0.958 bits per heavy atom. The fourth-order valence-electron chi connectivity index (χ4n) is 2.75. The summed E-state index contributed by atoms with van der Waals surface area (Å²) >= 11 is 0. The maximum absolute atomic E-state index is 5.40. The van der Waals surface area contributed by atoms with E-state index in [2.05, 4.69) is 35.1 Å². The molecule has 1 heterocycles. The molecule has 0 atom stereocenters. The Bertz CT molecular complexity index is 830. The number of hydrogen-bond donors (Lipinski definition) is 1. The molecule has 0 saturated heterocycles. The summed E-state index contributed by atoms with van der Waals surface area (Å²) in [7, 11) is 1.66. The van der Waals surface area contributed by atoms with E-state index in [1.807, 2.05) is 42.5 Å². The standard InChI is InChI=1S/C19H22N4O/c1-4-23(5-2)18-14-10-6-7-11-15(14)20-19(22-18)21-16-12-8-9-13-17(16)24-3/h6-13H,4-5H2,1-3H3,(H,20,21,22). The van der Waals surface area contributed by atoms with Crippen molar-refractivity contribution in [3.63, 3.8) is 0 Å². The van der Waals surface area contributed by atoms with Gasteiger partial charge in [-0.2, -0.15) is 4.98 Å². The van der Waals surface area contributed by atoms with E-state index in [4.69, 9.17) is 9.72 Å². The van der Waals surface area contributed by atoms with Gasteiger partial charge >= 0.3 is 0 Å². The summed E-state index contributed by atoms with van der Waals surface area (Å²) in [5.74, 6) is 2.28. The number of nitrogens with one attached hydrogen (secondary N) is 1. The second-order valence-electron chi connectivity index (χ2n) is 5.39. The lowest BCUT2D eigenvalue weighted by molar-refractivity contribution is 0.417. The summed E-state index contributed by atoms with van der Waals surface area (Å²) < 4.78 is 5.40. The average molecular weight is 322 g/mol. The van der Waals surface area contributed by atoms with Gasteiger partial charge in [0, 0.05) is 18.5 Å². The highest BCUT2D eigenvalue weighted by atomic mass is 16.5. The minimum atomic E-state index is 0.570. The lowest BCUT2D eigenvalue weighted by Gasteiger charge is -2.22. The number of nitrogens with zero attached hydrogens (tertiary/aromatic N) is 3. The molecule has 5 heteroatoms. The monoisotopic (exact) mass is 322 g/mol. The summed E-state index contributed by atoms with van der Waals surface area (Å²) in [6, 6.07) is 15.8. The van der Waals surface area contributed by atoms with Crippen molar-refractivity contribution < 1.29 is 4.74 Å². The van der Waals surface area contributed by atoms with Gasteiger partial charge < -0.3 is 15.0 Å². The molecular weight excluding hydrogens is 300 g/mol. The van der Waals surface area contributed by atoms with E-state index in [0.29, 0.717) is 5.95 Å². The zero-order valence-corrected chi connectivity index (χ0v) is 14.3. The molecule has 0 aliphatic rings. The molecule has 1 aromatic heterocycles. The van der Waals surface area contributed by atoms with Crippen molar-refractivity contribution in [2.75, 3.05) is 30.4 Å². The highest BCUT2D eigenvalue weighted by Crippen LogP contribution is 2.29. The predicted octanol–water partition coefficient (Wildman–Crippen LogP) is 4.23. The van der Waals surface area contributed by atoms with E-state index >= 15 is 0 Å². The minimum Gasteiger partial charge on any atom is -0.495 e. The topological polar surface area (TPSA) is 50.3 Å². The fourth-order valence-corrected chi connectivity index (χ4v) is 2.75. The molecular formula is C19H22N4O. The lowest BCUT2D eigenvalue weighted by atomic mass is 10.2. The maximum atomic E-state index is 5.40. The van der Waals surface area contributed by atoms with Crippen LogP contribution in [-0.2, 0) is 0 Å². The molecule has 0 spiro atoms. The van der Waals surface area contributed by atoms with E-state index in [0.717, 1.165) is 41.2 Å². The molecule has 0 aliphatic carbocycles. The number of para-hydroxylation sites is 3. The molecule has 24 heavy (non-hydrogen) atoms. The molecule has 0 amide bonds. The van der Waals surface area contributed by atoms with Crippen molar-refractivity contribution in [2.45, 2.75) is 13.8 Å². The number of aromatic nitrogens is 2. The number of fused-ring (bicyclic) bond motifs is 1. The molecule has 0 radical (unpaired) electrons. The van der Waals surface area contributed by atoms with Crippen LogP contribution in [0.3, 0.4) is 0 Å². The van der Waals surface area contributed by atoms with E-state index < -0.39 is 0 Å². The number of anilines is 3.